The summed E-state index contributed by atoms with van der Waals surface area (Å²) in [6.45, 7) is 2.48. The predicted molar refractivity (Wildman–Crippen MR) is 73.4 cm³/mol. The molecular formula is C14H13N3O3. The molecule has 2 rings (SSSR count). The van der Waals surface area contributed by atoms with E-state index in [1.807, 2.05) is 31.0 Å². The standard InChI is InChI=1S/C14H13N3O3/c1-10-11(5-6-20-10)9-16(2)13-3-4-14(17(18)19)12(7-13)8-15/h3-7H,9H2,1-2H3. The maximum atomic E-state index is 10.8. The number of aryl methyl sites for hydroxylation is 1. The van der Waals surface area contributed by atoms with E-state index < -0.39 is 4.92 Å². The Morgan fingerprint density at radius 1 is 1.45 bits per heavy atom. The zero-order valence-corrected chi connectivity index (χ0v) is 11.2. The first-order valence-electron chi connectivity index (χ1n) is 5.95. The molecule has 1 aromatic carbocycles. The molecule has 2 aromatic rings. The highest BCUT2D eigenvalue weighted by Gasteiger charge is 2.15. The second-order valence-corrected chi connectivity index (χ2v) is 4.43. The van der Waals surface area contributed by atoms with Crippen molar-refractivity contribution < 1.29 is 9.34 Å². The molecule has 0 fully saturated rings. The fourth-order valence-corrected chi connectivity index (χ4v) is 1.93. The molecule has 6 nitrogen and oxygen atoms in total. The molecule has 1 heterocycles. The lowest BCUT2D eigenvalue weighted by molar-refractivity contribution is -0.385. The van der Waals surface area contributed by atoms with Gasteiger partial charge in [0, 0.05) is 30.9 Å². The van der Waals surface area contributed by atoms with Crippen LogP contribution in [-0.4, -0.2) is 12.0 Å². The molecule has 1 aromatic heterocycles. The molecule has 0 aliphatic heterocycles. The van der Waals surface area contributed by atoms with E-state index in [1.165, 1.54) is 12.1 Å². The molecule has 0 aliphatic carbocycles. The van der Waals surface area contributed by atoms with Crippen molar-refractivity contribution in [2.24, 2.45) is 0 Å². The Bertz CT molecular complexity index is 685. The third-order valence-corrected chi connectivity index (χ3v) is 3.11. The molecule has 0 saturated heterocycles. The van der Waals surface area contributed by atoms with Gasteiger partial charge in [0.25, 0.3) is 5.69 Å². The second-order valence-electron chi connectivity index (χ2n) is 4.43. The van der Waals surface area contributed by atoms with Crippen molar-refractivity contribution in [3.63, 3.8) is 0 Å². The van der Waals surface area contributed by atoms with Gasteiger partial charge < -0.3 is 9.32 Å². The first-order chi connectivity index (χ1) is 9.52. The van der Waals surface area contributed by atoms with E-state index in [4.69, 9.17) is 9.68 Å². The minimum absolute atomic E-state index is 0.0586. The Labute approximate surface area is 116 Å². The van der Waals surface area contributed by atoms with Gasteiger partial charge in [0.05, 0.1) is 11.2 Å². The van der Waals surface area contributed by atoms with Crippen LogP contribution >= 0.6 is 0 Å². The van der Waals surface area contributed by atoms with Crippen LogP contribution in [-0.2, 0) is 6.54 Å². The summed E-state index contributed by atoms with van der Waals surface area (Å²) < 4.78 is 5.23. The van der Waals surface area contributed by atoms with Crippen molar-refractivity contribution in [1.82, 2.24) is 0 Å². The average molecular weight is 271 g/mol. The zero-order chi connectivity index (χ0) is 14.7. The van der Waals surface area contributed by atoms with Crippen LogP contribution in [0.1, 0.15) is 16.9 Å². The van der Waals surface area contributed by atoms with Gasteiger partial charge in [0.2, 0.25) is 0 Å². The highest BCUT2D eigenvalue weighted by molar-refractivity contribution is 5.59. The van der Waals surface area contributed by atoms with Crippen LogP contribution < -0.4 is 4.90 Å². The van der Waals surface area contributed by atoms with Crippen molar-refractivity contribution in [1.29, 1.82) is 5.26 Å². The van der Waals surface area contributed by atoms with Gasteiger partial charge in [0.1, 0.15) is 17.4 Å². The molecular weight excluding hydrogens is 258 g/mol. The van der Waals surface area contributed by atoms with Crippen molar-refractivity contribution >= 4 is 11.4 Å². The van der Waals surface area contributed by atoms with Crippen LogP contribution in [0.25, 0.3) is 0 Å². The number of anilines is 1. The second kappa shape index (κ2) is 5.45. The molecule has 6 heteroatoms. The third kappa shape index (κ3) is 2.62. The molecule has 0 radical (unpaired) electrons. The molecule has 0 N–H and O–H groups in total. The number of benzene rings is 1. The van der Waals surface area contributed by atoms with Gasteiger partial charge >= 0.3 is 0 Å². The lowest BCUT2D eigenvalue weighted by Crippen LogP contribution is -2.16. The van der Waals surface area contributed by atoms with Gasteiger partial charge in [-0.1, -0.05) is 0 Å². The topological polar surface area (TPSA) is 83.3 Å². The van der Waals surface area contributed by atoms with E-state index in [0.29, 0.717) is 6.54 Å². The fraction of sp³-hybridized carbons (Fsp3) is 0.214. The summed E-state index contributed by atoms with van der Waals surface area (Å²) in [5, 5.41) is 19.8. The number of nitriles is 1. The van der Waals surface area contributed by atoms with Crippen molar-refractivity contribution in [3.8, 4) is 6.07 Å². The number of hydrogen-bond donors (Lipinski definition) is 0. The first kappa shape index (κ1) is 13.6. The maximum absolute atomic E-state index is 10.8. The fourth-order valence-electron chi connectivity index (χ4n) is 1.93. The molecule has 0 spiro atoms. The van der Waals surface area contributed by atoms with Gasteiger partial charge in [-0.15, -0.1) is 0 Å². The van der Waals surface area contributed by atoms with Gasteiger partial charge in [-0.25, -0.2) is 0 Å². The number of rotatable bonds is 4. The molecule has 0 amide bonds. The monoisotopic (exact) mass is 271 g/mol. The van der Waals surface area contributed by atoms with Crippen LogP contribution in [0.2, 0.25) is 0 Å². The summed E-state index contributed by atoms with van der Waals surface area (Å²) in [6.07, 6.45) is 1.62. The number of nitrogens with zero attached hydrogens (tertiary/aromatic N) is 3. The zero-order valence-electron chi connectivity index (χ0n) is 11.2. The van der Waals surface area contributed by atoms with Crippen molar-refractivity contribution in [2.45, 2.75) is 13.5 Å². The average Bonchev–Trinajstić information content (AvgIpc) is 2.83. The lowest BCUT2D eigenvalue weighted by atomic mass is 10.1. The largest absolute Gasteiger partial charge is 0.469 e. The van der Waals surface area contributed by atoms with Crippen LogP contribution in [0, 0.1) is 28.4 Å². The van der Waals surface area contributed by atoms with E-state index in [1.54, 1.807) is 12.3 Å². The Morgan fingerprint density at radius 3 is 2.75 bits per heavy atom. The lowest BCUT2D eigenvalue weighted by Gasteiger charge is -2.19. The highest BCUT2D eigenvalue weighted by atomic mass is 16.6. The normalized spacial score (nSPS) is 10.1. The van der Waals surface area contributed by atoms with E-state index >= 15 is 0 Å². The molecule has 0 saturated carbocycles. The predicted octanol–water partition coefficient (Wildman–Crippen LogP) is 3.00. The smallest absolute Gasteiger partial charge is 0.287 e. The number of nitro groups is 1. The summed E-state index contributed by atoms with van der Waals surface area (Å²) >= 11 is 0. The first-order valence-corrected chi connectivity index (χ1v) is 5.95. The maximum Gasteiger partial charge on any atom is 0.287 e. The minimum atomic E-state index is -0.553. The van der Waals surface area contributed by atoms with Gasteiger partial charge in [-0.05, 0) is 25.1 Å². The highest BCUT2D eigenvalue weighted by Crippen LogP contribution is 2.25. The van der Waals surface area contributed by atoms with Crippen LogP contribution in [0.5, 0.6) is 0 Å². The molecule has 20 heavy (non-hydrogen) atoms. The van der Waals surface area contributed by atoms with E-state index in [0.717, 1.165) is 17.0 Å². The summed E-state index contributed by atoms with van der Waals surface area (Å²) in [4.78, 5) is 12.1. The summed E-state index contributed by atoms with van der Waals surface area (Å²) in [6, 6.07) is 8.24. The third-order valence-electron chi connectivity index (χ3n) is 3.11. The van der Waals surface area contributed by atoms with E-state index in [-0.39, 0.29) is 11.3 Å². The molecule has 102 valence electrons. The van der Waals surface area contributed by atoms with Gasteiger partial charge in [0.15, 0.2) is 0 Å². The van der Waals surface area contributed by atoms with Crippen LogP contribution in [0.3, 0.4) is 0 Å². The summed E-state index contributed by atoms with van der Waals surface area (Å²) in [5.41, 5.74) is 1.66. The Hall–Kier alpha value is -2.81. The van der Waals surface area contributed by atoms with E-state index in [9.17, 15) is 10.1 Å². The Balaban J connectivity index is 2.27. The number of furan rings is 1. The molecule has 0 bridgehead atoms. The van der Waals surface area contributed by atoms with Crippen molar-refractivity contribution in [2.75, 3.05) is 11.9 Å². The van der Waals surface area contributed by atoms with E-state index in [2.05, 4.69) is 0 Å². The van der Waals surface area contributed by atoms with Crippen LogP contribution in [0.15, 0.2) is 34.9 Å². The van der Waals surface area contributed by atoms with Crippen LogP contribution in [0.4, 0.5) is 11.4 Å². The summed E-state index contributed by atoms with van der Waals surface area (Å²) in [7, 11) is 1.86. The SMILES string of the molecule is Cc1occc1CN(C)c1ccc([N+](=O)[O-])c(C#N)c1. The molecule has 0 unspecified atom stereocenters. The quantitative estimate of drug-likeness (QED) is 0.630. The molecule has 0 aliphatic rings. The van der Waals surface area contributed by atoms with Gasteiger partial charge in [-0.2, -0.15) is 5.26 Å². The minimum Gasteiger partial charge on any atom is -0.469 e. The number of nitro benzene ring substituents is 1. The Kier molecular flexibility index (Phi) is 3.71. The van der Waals surface area contributed by atoms with Gasteiger partial charge in [-0.3, -0.25) is 10.1 Å². The summed E-state index contributed by atoms with van der Waals surface area (Å²) in [5.74, 6) is 0.833. The Morgan fingerprint density at radius 2 is 2.20 bits per heavy atom. The van der Waals surface area contributed by atoms with Crippen molar-refractivity contribution in [3.05, 3.63) is 57.5 Å². The molecule has 0 atom stereocenters. The number of hydrogen-bond acceptors (Lipinski definition) is 5.